The topological polar surface area (TPSA) is 50.2 Å². The average molecular weight is 179 g/mol. The highest BCUT2D eigenvalue weighted by Gasteiger charge is 2.29. The first-order chi connectivity index (χ1) is 5.94. The van der Waals surface area contributed by atoms with E-state index in [1.54, 1.807) is 32.2 Å². The van der Waals surface area contributed by atoms with Crippen LogP contribution < -0.4 is 0 Å². The molecule has 0 saturated heterocycles. The van der Waals surface area contributed by atoms with Crippen molar-refractivity contribution in [1.29, 1.82) is 0 Å². The Morgan fingerprint density at radius 1 is 1.54 bits per heavy atom. The maximum Gasteiger partial charge on any atom is 0.313 e. The molecule has 0 radical (unpaired) electrons. The second-order valence-electron chi connectivity index (χ2n) is 3.62. The minimum atomic E-state index is -0.840. The first kappa shape index (κ1) is 9.71. The Labute approximate surface area is 77.4 Å². The molecule has 3 nitrogen and oxygen atoms in total. The summed E-state index contributed by atoms with van der Waals surface area (Å²) >= 11 is 0. The summed E-state index contributed by atoms with van der Waals surface area (Å²) in [5.74, 6) is -0.821. The Kier molecular flexibility index (Phi) is 2.36. The number of rotatable bonds is 2. The number of hydrogen-bond acceptors (Lipinski definition) is 2. The quantitative estimate of drug-likeness (QED) is 0.752. The highest BCUT2D eigenvalue weighted by Crippen LogP contribution is 2.23. The second kappa shape index (κ2) is 3.17. The molecule has 0 atom stereocenters. The lowest BCUT2D eigenvalue weighted by molar-refractivity contribution is -0.142. The Morgan fingerprint density at radius 3 is 2.62 bits per heavy atom. The van der Waals surface area contributed by atoms with E-state index in [2.05, 4.69) is 4.98 Å². The minimum Gasteiger partial charge on any atom is -0.481 e. The van der Waals surface area contributed by atoms with Crippen LogP contribution in [-0.4, -0.2) is 16.1 Å². The van der Waals surface area contributed by atoms with E-state index < -0.39 is 11.4 Å². The van der Waals surface area contributed by atoms with Crippen molar-refractivity contribution in [3.05, 3.63) is 29.6 Å². The molecule has 3 heteroatoms. The fourth-order valence-corrected chi connectivity index (χ4v) is 1.06. The van der Waals surface area contributed by atoms with Crippen molar-refractivity contribution in [2.75, 3.05) is 0 Å². The SMILES string of the molecule is Cc1cc(C(C)(C)C(=O)O)ccn1. The maximum absolute atomic E-state index is 10.9. The highest BCUT2D eigenvalue weighted by atomic mass is 16.4. The smallest absolute Gasteiger partial charge is 0.313 e. The summed E-state index contributed by atoms with van der Waals surface area (Å²) in [7, 11) is 0. The van der Waals surface area contributed by atoms with Crippen LogP contribution in [0.5, 0.6) is 0 Å². The number of hydrogen-bond donors (Lipinski definition) is 1. The Morgan fingerprint density at radius 2 is 2.15 bits per heavy atom. The molecule has 1 heterocycles. The third-order valence-corrected chi connectivity index (χ3v) is 2.15. The molecule has 13 heavy (non-hydrogen) atoms. The fraction of sp³-hybridized carbons (Fsp3) is 0.400. The molecule has 70 valence electrons. The Balaban J connectivity index is 3.14. The zero-order valence-electron chi connectivity index (χ0n) is 8.03. The number of aromatic nitrogens is 1. The Hall–Kier alpha value is -1.38. The van der Waals surface area contributed by atoms with Crippen LogP contribution in [0.3, 0.4) is 0 Å². The van der Waals surface area contributed by atoms with Crippen molar-refractivity contribution in [2.24, 2.45) is 0 Å². The number of carbonyl (C=O) groups is 1. The highest BCUT2D eigenvalue weighted by molar-refractivity contribution is 5.80. The van der Waals surface area contributed by atoms with Gasteiger partial charge in [-0.05, 0) is 38.5 Å². The predicted octanol–water partition coefficient (Wildman–Crippen LogP) is 1.75. The van der Waals surface area contributed by atoms with Crippen LogP contribution in [0.1, 0.15) is 25.1 Å². The summed E-state index contributed by atoms with van der Waals surface area (Å²) in [4.78, 5) is 14.9. The molecule has 0 aliphatic carbocycles. The van der Waals surface area contributed by atoms with Crippen molar-refractivity contribution in [3.8, 4) is 0 Å². The number of aryl methyl sites for hydroxylation is 1. The summed E-state index contributed by atoms with van der Waals surface area (Å²) in [5, 5.41) is 8.97. The number of pyridine rings is 1. The standard InChI is InChI=1S/C10H13NO2/c1-7-6-8(4-5-11-7)10(2,3)9(12)13/h4-6H,1-3H3,(H,12,13). The third kappa shape index (κ3) is 1.86. The van der Waals surface area contributed by atoms with Crippen molar-refractivity contribution in [1.82, 2.24) is 4.98 Å². The van der Waals surface area contributed by atoms with Crippen LogP contribution >= 0.6 is 0 Å². The van der Waals surface area contributed by atoms with Crippen LogP contribution in [0.2, 0.25) is 0 Å². The lowest BCUT2D eigenvalue weighted by Crippen LogP contribution is -2.28. The molecule has 0 aliphatic heterocycles. The predicted molar refractivity (Wildman–Crippen MR) is 49.6 cm³/mol. The van der Waals surface area contributed by atoms with Gasteiger partial charge in [-0.2, -0.15) is 0 Å². The van der Waals surface area contributed by atoms with E-state index in [1.165, 1.54) is 0 Å². The van der Waals surface area contributed by atoms with Gasteiger partial charge < -0.3 is 5.11 Å². The lowest BCUT2D eigenvalue weighted by Gasteiger charge is -2.19. The van der Waals surface area contributed by atoms with Gasteiger partial charge in [-0.25, -0.2) is 0 Å². The summed E-state index contributed by atoms with van der Waals surface area (Å²) in [6.07, 6.45) is 1.63. The Bertz CT molecular complexity index is 331. The normalized spacial score (nSPS) is 11.3. The molecular formula is C10H13NO2. The number of carboxylic acid groups (broad SMARTS) is 1. The second-order valence-corrected chi connectivity index (χ2v) is 3.62. The largest absolute Gasteiger partial charge is 0.481 e. The van der Waals surface area contributed by atoms with E-state index in [4.69, 9.17) is 5.11 Å². The number of nitrogens with zero attached hydrogens (tertiary/aromatic N) is 1. The lowest BCUT2D eigenvalue weighted by atomic mass is 9.85. The molecular weight excluding hydrogens is 166 g/mol. The molecule has 1 aromatic heterocycles. The van der Waals surface area contributed by atoms with Crippen LogP contribution in [0.15, 0.2) is 18.3 Å². The van der Waals surface area contributed by atoms with Gasteiger partial charge in [0.25, 0.3) is 0 Å². The van der Waals surface area contributed by atoms with Gasteiger partial charge in [-0.3, -0.25) is 9.78 Å². The van der Waals surface area contributed by atoms with Gasteiger partial charge >= 0.3 is 5.97 Å². The van der Waals surface area contributed by atoms with Gasteiger partial charge in [-0.15, -0.1) is 0 Å². The summed E-state index contributed by atoms with van der Waals surface area (Å²) in [6, 6.07) is 3.54. The zero-order valence-corrected chi connectivity index (χ0v) is 8.03. The summed E-state index contributed by atoms with van der Waals surface area (Å²) in [6.45, 7) is 5.22. The van der Waals surface area contributed by atoms with Gasteiger partial charge in [0.15, 0.2) is 0 Å². The monoisotopic (exact) mass is 179 g/mol. The van der Waals surface area contributed by atoms with Crippen molar-refractivity contribution >= 4 is 5.97 Å². The van der Waals surface area contributed by atoms with Gasteiger partial charge in [0.2, 0.25) is 0 Å². The van der Waals surface area contributed by atoms with E-state index in [-0.39, 0.29) is 0 Å². The molecule has 0 bridgehead atoms. The van der Waals surface area contributed by atoms with Gasteiger partial charge in [0, 0.05) is 11.9 Å². The van der Waals surface area contributed by atoms with Gasteiger partial charge in [-0.1, -0.05) is 0 Å². The molecule has 1 aromatic rings. The van der Waals surface area contributed by atoms with Crippen LogP contribution in [0.25, 0.3) is 0 Å². The van der Waals surface area contributed by atoms with E-state index >= 15 is 0 Å². The van der Waals surface area contributed by atoms with E-state index in [0.717, 1.165) is 11.3 Å². The molecule has 1 rings (SSSR count). The molecule has 0 spiro atoms. The van der Waals surface area contributed by atoms with Gasteiger partial charge in [0.1, 0.15) is 0 Å². The fourth-order valence-electron chi connectivity index (χ4n) is 1.06. The first-order valence-corrected chi connectivity index (χ1v) is 4.11. The van der Waals surface area contributed by atoms with Crippen molar-refractivity contribution < 1.29 is 9.90 Å². The van der Waals surface area contributed by atoms with E-state index in [0.29, 0.717) is 0 Å². The van der Waals surface area contributed by atoms with Crippen LogP contribution in [0.4, 0.5) is 0 Å². The average Bonchev–Trinajstić information content (AvgIpc) is 2.04. The van der Waals surface area contributed by atoms with E-state index in [9.17, 15) is 4.79 Å². The number of aliphatic carboxylic acids is 1. The molecule has 0 unspecified atom stereocenters. The summed E-state index contributed by atoms with van der Waals surface area (Å²) in [5.41, 5.74) is 0.785. The molecule has 0 fully saturated rings. The third-order valence-electron chi connectivity index (χ3n) is 2.15. The summed E-state index contributed by atoms with van der Waals surface area (Å²) < 4.78 is 0. The molecule has 1 N–H and O–H groups in total. The zero-order chi connectivity index (χ0) is 10.1. The molecule has 0 saturated carbocycles. The first-order valence-electron chi connectivity index (χ1n) is 4.11. The number of carboxylic acids is 1. The van der Waals surface area contributed by atoms with E-state index in [1.807, 2.05) is 6.92 Å². The minimum absolute atomic E-state index is 0.785. The van der Waals surface area contributed by atoms with Crippen molar-refractivity contribution in [3.63, 3.8) is 0 Å². The van der Waals surface area contributed by atoms with Crippen LogP contribution in [0, 0.1) is 6.92 Å². The molecule has 0 aliphatic rings. The molecule has 0 aromatic carbocycles. The van der Waals surface area contributed by atoms with Crippen LogP contribution in [-0.2, 0) is 10.2 Å². The maximum atomic E-state index is 10.9. The van der Waals surface area contributed by atoms with Crippen molar-refractivity contribution in [2.45, 2.75) is 26.2 Å². The van der Waals surface area contributed by atoms with Gasteiger partial charge in [0.05, 0.1) is 5.41 Å². The molecule has 0 amide bonds.